The van der Waals surface area contributed by atoms with Crippen LogP contribution in [0.4, 0.5) is 0 Å². The summed E-state index contributed by atoms with van der Waals surface area (Å²) in [6, 6.07) is 19.1. The van der Waals surface area contributed by atoms with Crippen LogP contribution in [-0.4, -0.2) is 9.52 Å². The highest BCUT2D eigenvalue weighted by Crippen LogP contribution is 2.04. The molecular weight excluding hydrogens is 208 g/mol. The summed E-state index contributed by atoms with van der Waals surface area (Å²) in [7, 11) is 0.747. The quantitative estimate of drug-likeness (QED) is 0.700. The Hall–Kier alpha value is -1.60. The molecule has 0 nitrogen and oxygen atoms in total. The molecule has 2 radical (unpaired) electrons. The molecule has 78 valence electrons. The van der Waals surface area contributed by atoms with Gasteiger partial charge in [-0.1, -0.05) is 77.1 Å². The highest BCUT2D eigenvalue weighted by molar-refractivity contribution is 6.59. The molecule has 2 aromatic carbocycles. The smallest absolute Gasteiger partial charge is 0.0927 e. The molecule has 0 aliphatic heterocycles. The van der Waals surface area contributed by atoms with Gasteiger partial charge in [0, 0.05) is 0 Å². The van der Waals surface area contributed by atoms with Crippen LogP contribution >= 0.6 is 0 Å². The van der Waals surface area contributed by atoms with Gasteiger partial charge in [-0.05, 0) is 12.5 Å². The van der Waals surface area contributed by atoms with Crippen molar-refractivity contribution in [3.63, 3.8) is 0 Å². The van der Waals surface area contributed by atoms with E-state index in [0.29, 0.717) is 0 Å². The number of hydrogen-bond donors (Lipinski definition) is 0. The first-order chi connectivity index (χ1) is 7.84. The first kappa shape index (κ1) is 10.9. The highest BCUT2D eigenvalue weighted by Gasteiger charge is 1.89. The first-order valence-corrected chi connectivity index (χ1v) is 6.47. The van der Waals surface area contributed by atoms with E-state index in [1.54, 1.807) is 0 Å². The Morgan fingerprint density at radius 1 is 0.875 bits per heavy atom. The number of aryl methyl sites for hydroxylation is 1. The van der Waals surface area contributed by atoms with Gasteiger partial charge >= 0.3 is 0 Å². The van der Waals surface area contributed by atoms with Gasteiger partial charge in [0.25, 0.3) is 0 Å². The van der Waals surface area contributed by atoms with Crippen molar-refractivity contribution in [3.05, 3.63) is 71.4 Å². The van der Waals surface area contributed by atoms with Gasteiger partial charge < -0.3 is 0 Å². The Bertz CT molecular complexity index is 455. The zero-order valence-electron chi connectivity index (χ0n) is 9.35. The van der Waals surface area contributed by atoms with Crippen molar-refractivity contribution < 1.29 is 0 Å². The van der Waals surface area contributed by atoms with Gasteiger partial charge in [0.05, 0.1) is 0 Å². The van der Waals surface area contributed by atoms with Crippen LogP contribution in [0.5, 0.6) is 0 Å². The van der Waals surface area contributed by atoms with E-state index in [9.17, 15) is 0 Å². The molecule has 0 aliphatic carbocycles. The van der Waals surface area contributed by atoms with Crippen LogP contribution in [0.15, 0.2) is 60.3 Å². The fourth-order valence-electron chi connectivity index (χ4n) is 1.45. The lowest BCUT2D eigenvalue weighted by molar-refractivity contribution is 1.46. The summed E-state index contributed by atoms with van der Waals surface area (Å²) < 4.78 is 0. The predicted molar refractivity (Wildman–Crippen MR) is 72.0 cm³/mol. The minimum atomic E-state index is 0.747. The molecule has 0 saturated heterocycles. The van der Waals surface area contributed by atoms with Crippen LogP contribution in [0.3, 0.4) is 0 Å². The van der Waals surface area contributed by atoms with Gasteiger partial charge in [0.2, 0.25) is 0 Å². The Morgan fingerprint density at radius 2 is 1.56 bits per heavy atom. The molecule has 0 spiro atoms. The Morgan fingerprint density at radius 3 is 2.25 bits per heavy atom. The lowest BCUT2D eigenvalue weighted by Crippen LogP contribution is -2.09. The second-order valence-electron chi connectivity index (χ2n) is 3.75. The van der Waals surface area contributed by atoms with Gasteiger partial charge in [0.15, 0.2) is 0 Å². The molecule has 0 heterocycles. The van der Waals surface area contributed by atoms with E-state index in [2.05, 4.69) is 73.3 Å². The molecule has 1 heteroatoms. The molecule has 2 aromatic rings. The van der Waals surface area contributed by atoms with E-state index in [-0.39, 0.29) is 0 Å². The van der Waals surface area contributed by atoms with E-state index in [1.165, 1.54) is 16.3 Å². The number of benzene rings is 2. The summed E-state index contributed by atoms with van der Waals surface area (Å²) in [4.78, 5) is 0. The van der Waals surface area contributed by atoms with Crippen molar-refractivity contribution in [2.45, 2.75) is 6.92 Å². The van der Waals surface area contributed by atoms with E-state index in [4.69, 9.17) is 0 Å². The molecule has 0 aromatic heterocycles. The molecule has 0 aliphatic rings. The Kier molecular flexibility index (Phi) is 3.73. The minimum absolute atomic E-state index is 0.747. The maximum Gasteiger partial charge on any atom is 0.111 e. The van der Waals surface area contributed by atoms with Crippen molar-refractivity contribution >= 4 is 20.8 Å². The summed E-state index contributed by atoms with van der Waals surface area (Å²) >= 11 is 0. The number of rotatable bonds is 3. The molecule has 0 atom stereocenters. The summed E-state index contributed by atoms with van der Waals surface area (Å²) in [5.74, 6) is 0. The van der Waals surface area contributed by atoms with Crippen LogP contribution < -0.4 is 5.19 Å². The van der Waals surface area contributed by atoms with Gasteiger partial charge in [-0.3, -0.25) is 0 Å². The summed E-state index contributed by atoms with van der Waals surface area (Å²) in [5.41, 5.74) is 4.82. The molecule has 0 saturated carbocycles. The van der Waals surface area contributed by atoms with Crippen molar-refractivity contribution in [1.29, 1.82) is 0 Å². The molecular formula is C15H14Si. The molecule has 0 N–H and O–H groups in total. The number of hydrogen-bond acceptors (Lipinski definition) is 0. The fourth-order valence-corrected chi connectivity index (χ4v) is 2.30. The average Bonchev–Trinajstić information content (AvgIpc) is 2.33. The highest BCUT2D eigenvalue weighted by atomic mass is 28.2. The molecule has 0 unspecified atom stereocenters. The zero-order valence-corrected chi connectivity index (χ0v) is 10.4. The zero-order chi connectivity index (χ0) is 11.2. The maximum atomic E-state index is 2.24. The topological polar surface area (TPSA) is 0 Å². The monoisotopic (exact) mass is 222 g/mol. The lowest BCUT2D eigenvalue weighted by atomic mass is 10.2. The normalized spacial score (nSPS) is 10.8. The summed E-state index contributed by atoms with van der Waals surface area (Å²) in [5, 5.41) is 1.38. The Labute approximate surface area is 99.5 Å². The molecule has 16 heavy (non-hydrogen) atoms. The second kappa shape index (κ2) is 5.47. The third-order valence-corrected chi connectivity index (χ3v) is 3.38. The third kappa shape index (κ3) is 3.21. The van der Waals surface area contributed by atoms with E-state index >= 15 is 0 Å². The van der Waals surface area contributed by atoms with Gasteiger partial charge in [-0.15, -0.1) is 0 Å². The molecule has 0 fully saturated rings. The van der Waals surface area contributed by atoms with Crippen LogP contribution in [0.1, 0.15) is 11.1 Å². The predicted octanol–water partition coefficient (Wildman–Crippen LogP) is 3.00. The minimum Gasteiger partial charge on any atom is -0.0927 e. The van der Waals surface area contributed by atoms with Gasteiger partial charge in [0.1, 0.15) is 9.52 Å². The first-order valence-electron chi connectivity index (χ1n) is 5.39. The van der Waals surface area contributed by atoms with E-state index < -0.39 is 0 Å². The SMILES string of the molecule is Cc1ccc(/C=C/[Si]c2ccccc2)cc1. The van der Waals surface area contributed by atoms with Crippen molar-refractivity contribution in [2.24, 2.45) is 0 Å². The van der Waals surface area contributed by atoms with Crippen LogP contribution in [0.25, 0.3) is 6.08 Å². The standard InChI is InChI=1S/C15H14Si/c1-13-7-9-14(10-8-13)11-12-16-15-5-3-2-4-6-15/h2-12H,1H3/b12-11+. The fraction of sp³-hybridized carbons (Fsp3) is 0.0667. The van der Waals surface area contributed by atoms with E-state index in [0.717, 1.165) is 9.52 Å². The van der Waals surface area contributed by atoms with Gasteiger partial charge in [-0.25, -0.2) is 0 Å². The van der Waals surface area contributed by atoms with Crippen LogP contribution in [0, 0.1) is 6.92 Å². The maximum absolute atomic E-state index is 2.24. The average molecular weight is 222 g/mol. The van der Waals surface area contributed by atoms with Crippen molar-refractivity contribution in [3.8, 4) is 0 Å². The molecule has 0 amide bonds. The largest absolute Gasteiger partial charge is 0.111 e. The second-order valence-corrected chi connectivity index (χ2v) is 4.95. The third-order valence-electron chi connectivity index (χ3n) is 2.38. The van der Waals surface area contributed by atoms with E-state index in [1.807, 2.05) is 0 Å². The van der Waals surface area contributed by atoms with Crippen molar-refractivity contribution in [1.82, 2.24) is 0 Å². The summed E-state index contributed by atoms with van der Waals surface area (Å²) in [6.07, 6.45) is 2.19. The Balaban J connectivity index is 1.98. The molecule has 0 bridgehead atoms. The van der Waals surface area contributed by atoms with Gasteiger partial charge in [-0.2, -0.15) is 0 Å². The lowest BCUT2D eigenvalue weighted by Gasteiger charge is -1.95. The van der Waals surface area contributed by atoms with Crippen molar-refractivity contribution in [2.75, 3.05) is 0 Å². The summed E-state index contributed by atoms with van der Waals surface area (Å²) in [6.45, 7) is 2.11. The van der Waals surface area contributed by atoms with Crippen LogP contribution in [0.2, 0.25) is 0 Å². The van der Waals surface area contributed by atoms with Crippen LogP contribution in [-0.2, 0) is 0 Å². The molecule has 2 rings (SSSR count).